The molecule has 2 aromatic heterocycles. The molecule has 0 unspecified atom stereocenters. The van der Waals surface area contributed by atoms with E-state index in [0.29, 0.717) is 29.9 Å². The van der Waals surface area contributed by atoms with E-state index >= 15 is 0 Å². The number of nitrogens with zero attached hydrogens (tertiary/aromatic N) is 3. The lowest BCUT2D eigenvalue weighted by molar-refractivity contribution is 0.0599. The number of amides is 1. The third kappa shape index (κ3) is 3.77. The van der Waals surface area contributed by atoms with Gasteiger partial charge in [0.15, 0.2) is 0 Å². The molecule has 0 radical (unpaired) electrons. The van der Waals surface area contributed by atoms with Crippen molar-refractivity contribution >= 4 is 22.9 Å². The molecular weight excluding hydrogens is 368 g/mol. The van der Waals surface area contributed by atoms with E-state index in [0.717, 1.165) is 35.4 Å². The fourth-order valence-corrected chi connectivity index (χ4v) is 3.81. The molecule has 1 N–H and O–H groups in total. The highest BCUT2D eigenvalue weighted by atomic mass is 16.5. The number of aromatic nitrogens is 3. The Hall–Kier alpha value is -3.09. The third-order valence-corrected chi connectivity index (χ3v) is 5.17. The van der Waals surface area contributed by atoms with E-state index in [1.54, 1.807) is 18.9 Å². The number of fused-ring (bicyclic) bond motifs is 1. The van der Waals surface area contributed by atoms with Gasteiger partial charge in [-0.15, -0.1) is 0 Å². The van der Waals surface area contributed by atoms with Crippen LogP contribution in [0.25, 0.3) is 11.0 Å². The number of benzene rings is 1. The minimum Gasteiger partial charge on any atom is -0.465 e. The van der Waals surface area contributed by atoms with Gasteiger partial charge in [-0.05, 0) is 38.0 Å². The molecule has 0 atom stereocenters. The molecule has 1 amide bonds. The van der Waals surface area contributed by atoms with Crippen LogP contribution in [0.1, 0.15) is 58.2 Å². The summed E-state index contributed by atoms with van der Waals surface area (Å²) in [4.78, 5) is 34.9. The van der Waals surface area contributed by atoms with Gasteiger partial charge in [-0.25, -0.2) is 9.78 Å². The van der Waals surface area contributed by atoms with Gasteiger partial charge < -0.3 is 19.2 Å². The smallest absolute Gasteiger partial charge is 0.339 e. The first kappa shape index (κ1) is 20.6. The Morgan fingerprint density at radius 3 is 2.62 bits per heavy atom. The van der Waals surface area contributed by atoms with Crippen LogP contribution in [0.15, 0.2) is 24.3 Å². The van der Waals surface area contributed by atoms with E-state index in [2.05, 4.69) is 16.5 Å². The van der Waals surface area contributed by atoms with Crippen LogP contribution >= 0.6 is 0 Å². The van der Waals surface area contributed by atoms with Crippen LogP contribution in [0.2, 0.25) is 0 Å². The maximum absolute atomic E-state index is 13.2. The van der Waals surface area contributed by atoms with E-state index in [1.807, 2.05) is 31.2 Å². The predicted octanol–water partition coefficient (Wildman–Crippen LogP) is 3.70. The monoisotopic (exact) mass is 396 g/mol. The van der Waals surface area contributed by atoms with E-state index < -0.39 is 5.97 Å². The molecule has 0 spiro atoms. The van der Waals surface area contributed by atoms with Crippen molar-refractivity contribution in [1.82, 2.24) is 19.4 Å². The van der Waals surface area contributed by atoms with Gasteiger partial charge in [0.25, 0.3) is 5.91 Å². The average molecular weight is 396 g/mol. The summed E-state index contributed by atoms with van der Waals surface area (Å²) in [7, 11) is 3.11. The Labute approximate surface area is 170 Å². The third-order valence-electron chi connectivity index (χ3n) is 5.17. The van der Waals surface area contributed by atoms with Crippen molar-refractivity contribution in [3.63, 3.8) is 0 Å². The number of nitrogens with one attached hydrogen (secondary N) is 1. The summed E-state index contributed by atoms with van der Waals surface area (Å²) in [6.45, 7) is 7.02. The molecule has 0 saturated heterocycles. The highest BCUT2D eigenvalue weighted by Crippen LogP contribution is 2.24. The van der Waals surface area contributed by atoms with Crippen LogP contribution in [0.4, 0.5) is 0 Å². The van der Waals surface area contributed by atoms with Crippen molar-refractivity contribution in [2.24, 2.45) is 0 Å². The zero-order valence-electron chi connectivity index (χ0n) is 17.7. The number of rotatable bonds is 7. The quantitative estimate of drug-likeness (QED) is 0.618. The highest BCUT2D eigenvalue weighted by molar-refractivity contribution is 6.00. The van der Waals surface area contributed by atoms with E-state index in [1.165, 1.54) is 7.11 Å². The van der Waals surface area contributed by atoms with Crippen molar-refractivity contribution in [2.45, 2.75) is 46.7 Å². The average Bonchev–Trinajstić information content (AvgIpc) is 3.23. The number of methoxy groups -OCH3 is 1. The molecule has 0 aliphatic rings. The normalized spacial score (nSPS) is 11.1. The molecule has 0 aliphatic carbocycles. The SMILES string of the molecule is CCCc1c(C(=O)N(C)Cc2nc3ccccc3n2CC)[nH]c(C)c1C(=O)OC. The Kier molecular flexibility index (Phi) is 6.06. The van der Waals surface area contributed by atoms with Gasteiger partial charge in [0, 0.05) is 19.3 Å². The molecule has 3 rings (SSSR count). The van der Waals surface area contributed by atoms with Crippen molar-refractivity contribution in [2.75, 3.05) is 14.2 Å². The minimum absolute atomic E-state index is 0.165. The van der Waals surface area contributed by atoms with E-state index in [9.17, 15) is 9.59 Å². The summed E-state index contributed by atoms with van der Waals surface area (Å²) >= 11 is 0. The lowest BCUT2D eigenvalue weighted by Crippen LogP contribution is -2.29. The standard InChI is InChI=1S/C22H28N4O3/c1-6-10-15-19(22(28)29-5)14(3)23-20(15)21(27)25(4)13-18-24-16-11-8-9-12-17(16)26(18)7-2/h8-9,11-12,23H,6-7,10,13H2,1-5H3. The molecule has 1 aromatic carbocycles. The second kappa shape index (κ2) is 8.51. The summed E-state index contributed by atoms with van der Waals surface area (Å²) in [5, 5.41) is 0. The number of H-pyrrole nitrogens is 1. The summed E-state index contributed by atoms with van der Waals surface area (Å²) in [6, 6.07) is 7.96. The number of imidazole rings is 1. The lowest BCUT2D eigenvalue weighted by atomic mass is 10.0. The molecule has 7 heteroatoms. The van der Waals surface area contributed by atoms with Gasteiger partial charge in [-0.1, -0.05) is 25.5 Å². The Bertz CT molecular complexity index is 1050. The van der Waals surface area contributed by atoms with Crippen molar-refractivity contribution in [1.29, 1.82) is 0 Å². The Morgan fingerprint density at radius 1 is 1.24 bits per heavy atom. The molecular formula is C22H28N4O3. The Morgan fingerprint density at radius 2 is 1.97 bits per heavy atom. The van der Waals surface area contributed by atoms with Crippen molar-refractivity contribution in [3.8, 4) is 0 Å². The molecule has 7 nitrogen and oxygen atoms in total. The zero-order valence-corrected chi connectivity index (χ0v) is 17.7. The van der Waals surface area contributed by atoms with Crippen LogP contribution < -0.4 is 0 Å². The van der Waals surface area contributed by atoms with Gasteiger partial charge in [0.2, 0.25) is 0 Å². The number of hydrogen-bond donors (Lipinski definition) is 1. The summed E-state index contributed by atoms with van der Waals surface area (Å²) in [5.41, 5.74) is 4.26. The molecule has 3 aromatic rings. The molecule has 2 heterocycles. The largest absolute Gasteiger partial charge is 0.465 e. The maximum Gasteiger partial charge on any atom is 0.339 e. The summed E-state index contributed by atoms with van der Waals surface area (Å²) < 4.78 is 7.04. The van der Waals surface area contributed by atoms with Gasteiger partial charge in [-0.2, -0.15) is 0 Å². The van der Waals surface area contributed by atoms with Crippen LogP contribution in [0.5, 0.6) is 0 Å². The first-order valence-electron chi connectivity index (χ1n) is 9.92. The maximum atomic E-state index is 13.2. The fourth-order valence-electron chi connectivity index (χ4n) is 3.81. The molecule has 0 fully saturated rings. The summed E-state index contributed by atoms with van der Waals surface area (Å²) in [5.74, 6) is 0.246. The first-order valence-corrected chi connectivity index (χ1v) is 9.92. The lowest BCUT2D eigenvalue weighted by Gasteiger charge is -2.18. The second-order valence-electron chi connectivity index (χ2n) is 7.14. The second-order valence-corrected chi connectivity index (χ2v) is 7.14. The fraction of sp³-hybridized carbons (Fsp3) is 0.409. The number of aryl methyl sites for hydroxylation is 2. The number of esters is 1. The molecule has 0 bridgehead atoms. The van der Waals surface area contributed by atoms with Gasteiger partial charge in [0.05, 0.1) is 30.3 Å². The van der Waals surface area contributed by atoms with Crippen LogP contribution in [-0.2, 0) is 24.2 Å². The predicted molar refractivity (Wildman–Crippen MR) is 112 cm³/mol. The number of para-hydroxylation sites is 2. The van der Waals surface area contributed by atoms with Gasteiger partial charge in [-0.3, -0.25) is 4.79 Å². The van der Waals surface area contributed by atoms with Crippen LogP contribution in [-0.4, -0.2) is 45.5 Å². The zero-order chi connectivity index (χ0) is 21.1. The molecule has 154 valence electrons. The van der Waals surface area contributed by atoms with Crippen LogP contribution in [0.3, 0.4) is 0 Å². The molecule has 29 heavy (non-hydrogen) atoms. The number of carbonyl (C=O) groups excluding carboxylic acids is 2. The Balaban J connectivity index is 1.94. The van der Waals surface area contributed by atoms with Crippen molar-refractivity contribution in [3.05, 3.63) is 52.6 Å². The topological polar surface area (TPSA) is 80.2 Å². The van der Waals surface area contributed by atoms with Gasteiger partial charge >= 0.3 is 5.97 Å². The summed E-state index contributed by atoms with van der Waals surface area (Å²) in [6.07, 6.45) is 1.44. The van der Waals surface area contributed by atoms with E-state index in [4.69, 9.17) is 9.72 Å². The first-order chi connectivity index (χ1) is 13.9. The number of carbonyl (C=O) groups is 2. The van der Waals surface area contributed by atoms with Crippen molar-refractivity contribution < 1.29 is 14.3 Å². The number of hydrogen-bond acceptors (Lipinski definition) is 4. The van der Waals surface area contributed by atoms with Gasteiger partial charge in [0.1, 0.15) is 11.5 Å². The van der Waals surface area contributed by atoms with E-state index in [-0.39, 0.29) is 5.91 Å². The number of aromatic amines is 1. The molecule has 0 aliphatic heterocycles. The number of ether oxygens (including phenoxy) is 1. The highest BCUT2D eigenvalue weighted by Gasteiger charge is 2.27. The molecule has 0 saturated carbocycles. The minimum atomic E-state index is -0.420. The van der Waals surface area contributed by atoms with Crippen LogP contribution in [0, 0.1) is 6.92 Å².